The first kappa shape index (κ1) is 16.8. The molecule has 4 rings (SSSR count). The molecular weight excluding hydrogens is 370 g/mol. The van der Waals surface area contributed by atoms with E-state index in [-0.39, 0.29) is 0 Å². The molecule has 0 bridgehead atoms. The highest BCUT2D eigenvalue weighted by molar-refractivity contribution is 7.20. The number of hydrogen-bond acceptors (Lipinski definition) is 3. The quantitative estimate of drug-likeness (QED) is 0.301. The Labute approximate surface area is 147 Å². The molecule has 0 spiro atoms. The molecule has 0 saturated carbocycles. The van der Waals surface area contributed by atoms with Gasteiger partial charge in [0, 0.05) is 22.9 Å². The van der Waals surface area contributed by atoms with Crippen LogP contribution in [0.5, 0.6) is 0 Å². The van der Waals surface area contributed by atoms with Crippen LogP contribution in [0.2, 0.25) is 0 Å². The Balaban J connectivity index is 1.90. The number of benzene rings is 1. The number of nitrogens with zero attached hydrogens (tertiary/aromatic N) is 3. The summed E-state index contributed by atoms with van der Waals surface area (Å²) in [6.45, 7) is 1.43. The van der Waals surface area contributed by atoms with Crippen molar-refractivity contribution in [1.29, 1.82) is 0 Å². The fourth-order valence-corrected chi connectivity index (χ4v) is 4.10. The van der Waals surface area contributed by atoms with Crippen LogP contribution in [0, 0.1) is 30.2 Å². The largest absolute Gasteiger partial charge is 0.338 e. The predicted molar refractivity (Wildman–Crippen MR) is 90.5 cm³/mol. The Morgan fingerprint density at radius 2 is 1.85 bits per heavy atom. The van der Waals surface area contributed by atoms with Gasteiger partial charge >= 0.3 is 0 Å². The second kappa shape index (κ2) is 5.66. The van der Waals surface area contributed by atoms with Gasteiger partial charge in [0.1, 0.15) is 5.52 Å². The topological polar surface area (TPSA) is 39.8 Å². The van der Waals surface area contributed by atoms with E-state index in [2.05, 4.69) is 5.10 Å². The third kappa shape index (κ3) is 2.27. The molecule has 0 fully saturated rings. The molecule has 0 atom stereocenters. The zero-order valence-electron chi connectivity index (χ0n) is 13.6. The van der Waals surface area contributed by atoms with Crippen LogP contribution in [-0.2, 0) is 13.6 Å². The number of hydrogen-bond donors (Lipinski definition) is 0. The van der Waals surface area contributed by atoms with Crippen LogP contribution in [0.25, 0.3) is 21.1 Å². The number of halogens is 4. The molecule has 26 heavy (non-hydrogen) atoms. The van der Waals surface area contributed by atoms with Crippen molar-refractivity contribution in [1.82, 2.24) is 14.3 Å². The van der Waals surface area contributed by atoms with E-state index in [1.54, 1.807) is 11.6 Å². The molecule has 3 aromatic heterocycles. The standard InChI is InChI=1S/C17H11F4N3OS/c1-7-3-11-16(26-7)9-5-22-24(17(25)15(9)23(11)2)6-8-4-10(18)13(20)14(21)12(8)19/h3-5H,6H2,1-2H3. The van der Waals surface area contributed by atoms with Gasteiger partial charge in [-0.05, 0) is 19.1 Å². The summed E-state index contributed by atoms with van der Waals surface area (Å²) in [4.78, 5) is 13.8. The van der Waals surface area contributed by atoms with E-state index in [0.717, 1.165) is 19.8 Å². The Kier molecular flexibility index (Phi) is 3.65. The number of thiophene rings is 1. The lowest BCUT2D eigenvalue weighted by molar-refractivity contribution is 0.401. The van der Waals surface area contributed by atoms with E-state index < -0.39 is 40.9 Å². The van der Waals surface area contributed by atoms with Crippen LogP contribution >= 0.6 is 11.3 Å². The van der Waals surface area contributed by atoms with Crippen LogP contribution < -0.4 is 5.56 Å². The minimum absolute atomic E-state index is 0.352. The van der Waals surface area contributed by atoms with E-state index >= 15 is 0 Å². The lowest BCUT2D eigenvalue weighted by atomic mass is 10.2. The fourth-order valence-electron chi connectivity index (χ4n) is 3.04. The lowest BCUT2D eigenvalue weighted by Gasteiger charge is -2.08. The summed E-state index contributed by atoms with van der Waals surface area (Å²) in [5, 5.41) is 4.64. The van der Waals surface area contributed by atoms with Crippen molar-refractivity contribution in [3.8, 4) is 0 Å². The highest BCUT2D eigenvalue weighted by atomic mass is 32.1. The molecule has 0 amide bonds. The molecule has 4 aromatic rings. The third-order valence-corrected chi connectivity index (χ3v) is 5.37. The van der Waals surface area contributed by atoms with Crippen LogP contribution in [0.1, 0.15) is 10.4 Å². The molecule has 1 aromatic carbocycles. The Bertz CT molecular complexity index is 1260. The molecule has 0 saturated heterocycles. The van der Waals surface area contributed by atoms with Gasteiger partial charge in [-0.2, -0.15) is 5.10 Å². The monoisotopic (exact) mass is 381 g/mol. The minimum Gasteiger partial charge on any atom is -0.338 e. The zero-order valence-corrected chi connectivity index (χ0v) is 14.4. The predicted octanol–water partition coefficient (Wildman–Crippen LogP) is 3.86. The van der Waals surface area contributed by atoms with Gasteiger partial charge in [-0.1, -0.05) is 0 Å². The van der Waals surface area contributed by atoms with Gasteiger partial charge in [0.05, 0.1) is 23.0 Å². The minimum atomic E-state index is -1.91. The highest BCUT2D eigenvalue weighted by Crippen LogP contribution is 2.32. The van der Waals surface area contributed by atoms with Gasteiger partial charge in [-0.25, -0.2) is 22.2 Å². The van der Waals surface area contributed by atoms with Crippen LogP contribution in [0.3, 0.4) is 0 Å². The van der Waals surface area contributed by atoms with E-state index in [4.69, 9.17) is 0 Å². The van der Waals surface area contributed by atoms with E-state index in [1.165, 1.54) is 17.5 Å². The van der Waals surface area contributed by atoms with Crippen LogP contribution in [0.15, 0.2) is 23.1 Å². The first-order chi connectivity index (χ1) is 12.3. The van der Waals surface area contributed by atoms with Crippen molar-refractivity contribution >= 4 is 32.5 Å². The maximum Gasteiger partial charge on any atom is 0.291 e. The van der Waals surface area contributed by atoms with E-state index in [0.29, 0.717) is 17.0 Å². The summed E-state index contributed by atoms with van der Waals surface area (Å²) in [5.74, 6) is -6.87. The van der Waals surface area contributed by atoms with Gasteiger partial charge in [-0.3, -0.25) is 4.79 Å². The average molecular weight is 381 g/mol. The fraction of sp³-hybridized carbons (Fsp3) is 0.176. The maximum atomic E-state index is 13.9. The molecule has 0 aliphatic rings. The van der Waals surface area contributed by atoms with Crippen LogP contribution in [0.4, 0.5) is 17.6 Å². The molecule has 0 unspecified atom stereocenters. The SMILES string of the molecule is Cc1cc2c(s1)c1cnn(Cc3cc(F)c(F)c(F)c3F)c(=O)c1n2C. The Morgan fingerprint density at radius 1 is 1.12 bits per heavy atom. The zero-order chi connectivity index (χ0) is 18.7. The summed E-state index contributed by atoms with van der Waals surface area (Å²) >= 11 is 1.52. The van der Waals surface area contributed by atoms with E-state index in [9.17, 15) is 22.4 Å². The van der Waals surface area contributed by atoms with Gasteiger partial charge < -0.3 is 4.57 Å². The molecule has 4 nitrogen and oxygen atoms in total. The number of aromatic nitrogens is 3. The van der Waals surface area contributed by atoms with Crippen molar-refractivity contribution in [3.05, 3.63) is 62.4 Å². The maximum absolute atomic E-state index is 13.9. The molecule has 0 aliphatic carbocycles. The molecule has 0 N–H and O–H groups in total. The van der Waals surface area contributed by atoms with Crippen molar-refractivity contribution in [2.45, 2.75) is 13.5 Å². The summed E-state index contributed by atoms with van der Waals surface area (Å²) < 4.78 is 57.3. The molecule has 0 aliphatic heterocycles. The van der Waals surface area contributed by atoms with Crippen molar-refractivity contribution in [3.63, 3.8) is 0 Å². The van der Waals surface area contributed by atoms with E-state index in [1.807, 2.05) is 13.0 Å². The molecule has 134 valence electrons. The number of aryl methyl sites for hydroxylation is 2. The highest BCUT2D eigenvalue weighted by Gasteiger charge is 2.21. The number of fused-ring (bicyclic) bond motifs is 3. The van der Waals surface area contributed by atoms with Crippen molar-refractivity contribution in [2.75, 3.05) is 0 Å². The molecule has 3 heterocycles. The summed E-state index contributed by atoms with van der Waals surface area (Å²) in [7, 11) is 1.72. The van der Waals surface area contributed by atoms with Gasteiger partial charge in [-0.15, -0.1) is 11.3 Å². The second-order valence-corrected chi connectivity index (χ2v) is 7.22. The van der Waals surface area contributed by atoms with Gasteiger partial charge in [0.2, 0.25) is 0 Å². The average Bonchev–Trinajstić information content (AvgIpc) is 3.10. The second-order valence-electron chi connectivity index (χ2n) is 5.96. The number of rotatable bonds is 2. The van der Waals surface area contributed by atoms with Gasteiger partial charge in [0.15, 0.2) is 23.3 Å². The summed E-state index contributed by atoms with van der Waals surface area (Å²) in [5.41, 5.74) is 0.187. The van der Waals surface area contributed by atoms with Gasteiger partial charge in [0.25, 0.3) is 5.56 Å². The smallest absolute Gasteiger partial charge is 0.291 e. The molecular formula is C17H11F4N3OS. The first-order valence-electron chi connectivity index (χ1n) is 7.56. The van der Waals surface area contributed by atoms with Crippen LogP contribution in [-0.4, -0.2) is 14.3 Å². The third-order valence-electron chi connectivity index (χ3n) is 4.29. The Morgan fingerprint density at radius 3 is 2.58 bits per heavy atom. The van der Waals surface area contributed by atoms with Crippen molar-refractivity contribution in [2.24, 2.45) is 7.05 Å². The Hall–Kier alpha value is -2.68. The summed E-state index contributed by atoms with van der Waals surface area (Å²) in [6, 6.07) is 2.47. The molecule has 0 radical (unpaired) electrons. The first-order valence-corrected chi connectivity index (χ1v) is 8.37. The molecule has 9 heteroatoms. The normalized spacial score (nSPS) is 11.8. The lowest BCUT2D eigenvalue weighted by Crippen LogP contribution is -2.25. The summed E-state index contributed by atoms with van der Waals surface area (Å²) in [6.07, 6.45) is 1.46. The van der Waals surface area contributed by atoms with Crippen molar-refractivity contribution < 1.29 is 17.6 Å².